The number of nitrogens with zero attached hydrogens (tertiary/aromatic N) is 1. The summed E-state index contributed by atoms with van der Waals surface area (Å²) in [6, 6.07) is -0.649. The highest BCUT2D eigenvalue weighted by Gasteiger charge is 2.26. The van der Waals surface area contributed by atoms with Gasteiger partial charge >= 0.3 is 12.0 Å². The molecule has 3 N–H and O–H groups in total. The van der Waals surface area contributed by atoms with E-state index in [0.717, 1.165) is 19.3 Å². The van der Waals surface area contributed by atoms with Crippen LogP contribution in [0.5, 0.6) is 0 Å². The van der Waals surface area contributed by atoms with Crippen molar-refractivity contribution in [1.29, 1.82) is 0 Å². The predicted molar refractivity (Wildman–Crippen MR) is 66.3 cm³/mol. The molecule has 0 aromatic carbocycles. The van der Waals surface area contributed by atoms with Crippen LogP contribution in [-0.4, -0.2) is 52.3 Å². The van der Waals surface area contributed by atoms with Crippen LogP contribution >= 0.6 is 0 Å². The highest BCUT2D eigenvalue weighted by molar-refractivity contribution is 5.80. The van der Waals surface area contributed by atoms with E-state index >= 15 is 0 Å². The lowest BCUT2D eigenvalue weighted by Gasteiger charge is -2.30. The third-order valence-corrected chi connectivity index (χ3v) is 3.15. The lowest BCUT2D eigenvalue weighted by Crippen LogP contribution is -2.51. The monoisotopic (exact) mass is 258 g/mol. The zero-order chi connectivity index (χ0) is 13.5. The van der Waals surface area contributed by atoms with E-state index in [-0.39, 0.29) is 12.6 Å². The molecule has 104 valence electrons. The Bertz CT molecular complexity index is 296. The molecule has 0 saturated heterocycles. The Labute approximate surface area is 107 Å². The van der Waals surface area contributed by atoms with Gasteiger partial charge in [0.25, 0.3) is 0 Å². The number of aliphatic hydroxyl groups excluding tert-OH is 1. The minimum atomic E-state index is -1.03. The van der Waals surface area contributed by atoms with Gasteiger partial charge in [-0.3, -0.25) is 4.79 Å². The normalized spacial score (nSPS) is 23.4. The number of aliphatic hydroxyl groups is 1. The molecule has 0 aliphatic heterocycles. The first-order valence-corrected chi connectivity index (χ1v) is 6.50. The molecule has 0 aromatic rings. The first-order chi connectivity index (χ1) is 8.54. The third kappa shape index (κ3) is 4.52. The molecule has 2 unspecified atom stereocenters. The molecule has 0 spiro atoms. The topological polar surface area (TPSA) is 89.9 Å². The first kappa shape index (κ1) is 14.8. The van der Waals surface area contributed by atoms with Crippen LogP contribution in [0.3, 0.4) is 0 Å². The largest absolute Gasteiger partial charge is 0.480 e. The molecule has 6 heteroatoms. The number of hydrogen-bond acceptors (Lipinski definition) is 3. The number of carbonyl (C=O) groups excluding carboxylic acids is 1. The Balaban J connectivity index is 2.51. The predicted octanol–water partition coefficient (Wildman–Crippen LogP) is 0.796. The number of nitrogens with one attached hydrogen (secondary N) is 1. The van der Waals surface area contributed by atoms with Crippen molar-refractivity contribution in [2.45, 2.75) is 51.2 Å². The number of carboxylic acids is 1. The van der Waals surface area contributed by atoms with Crippen molar-refractivity contribution in [2.75, 3.05) is 13.1 Å². The number of hydrogen-bond donors (Lipinski definition) is 3. The van der Waals surface area contributed by atoms with Crippen molar-refractivity contribution in [3.8, 4) is 0 Å². The smallest absolute Gasteiger partial charge is 0.323 e. The van der Waals surface area contributed by atoms with Gasteiger partial charge in [-0.15, -0.1) is 0 Å². The van der Waals surface area contributed by atoms with Gasteiger partial charge in [0.05, 0.1) is 12.1 Å². The minimum absolute atomic E-state index is 0.251. The molecule has 0 aromatic heterocycles. The third-order valence-electron chi connectivity index (χ3n) is 3.15. The number of urea groups is 1. The van der Waals surface area contributed by atoms with E-state index in [1.54, 1.807) is 0 Å². The maximum atomic E-state index is 11.9. The standard InChI is InChI=1S/C12H22N2O4/c1-2-7-14(8-11(16)17)12(18)13-9-5-3-4-6-10(9)15/h9-10,15H,2-8H2,1H3,(H,13,18)(H,16,17). The maximum absolute atomic E-state index is 11.9. The molecular weight excluding hydrogens is 236 g/mol. The van der Waals surface area contributed by atoms with Crippen molar-refractivity contribution in [3.63, 3.8) is 0 Å². The van der Waals surface area contributed by atoms with Crippen LogP contribution in [0.25, 0.3) is 0 Å². The van der Waals surface area contributed by atoms with Crippen molar-refractivity contribution < 1.29 is 19.8 Å². The summed E-state index contributed by atoms with van der Waals surface area (Å²) in [5, 5.41) is 21.2. The van der Waals surface area contributed by atoms with Crippen molar-refractivity contribution in [2.24, 2.45) is 0 Å². The summed E-state index contributed by atoms with van der Waals surface area (Å²) < 4.78 is 0. The summed E-state index contributed by atoms with van der Waals surface area (Å²) in [5.74, 6) is -1.03. The Kier molecular flexibility index (Phi) is 5.91. The summed E-state index contributed by atoms with van der Waals surface area (Å²) >= 11 is 0. The van der Waals surface area contributed by atoms with Gasteiger partial charge in [-0.2, -0.15) is 0 Å². The Morgan fingerprint density at radius 2 is 2.00 bits per heavy atom. The average Bonchev–Trinajstić information content (AvgIpc) is 2.31. The molecule has 2 atom stereocenters. The molecule has 1 rings (SSSR count). The average molecular weight is 258 g/mol. The molecule has 2 amide bonds. The summed E-state index contributed by atoms with van der Waals surface area (Å²) in [6.45, 7) is 1.99. The van der Waals surface area contributed by atoms with Crippen LogP contribution in [0.4, 0.5) is 4.79 Å². The van der Waals surface area contributed by atoms with E-state index in [2.05, 4.69) is 5.32 Å². The summed E-state index contributed by atoms with van der Waals surface area (Å²) in [6.07, 6.45) is 3.58. The molecule has 6 nitrogen and oxygen atoms in total. The SMILES string of the molecule is CCCN(CC(=O)O)C(=O)NC1CCCCC1O. The number of amides is 2. The fourth-order valence-electron chi connectivity index (χ4n) is 2.22. The fraction of sp³-hybridized carbons (Fsp3) is 0.833. The number of rotatable bonds is 5. The lowest BCUT2D eigenvalue weighted by molar-refractivity contribution is -0.137. The highest BCUT2D eigenvalue weighted by Crippen LogP contribution is 2.18. The van der Waals surface area contributed by atoms with Crippen molar-refractivity contribution >= 4 is 12.0 Å². The zero-order valence-electron chi connectivity index (χ0n) is 10.8. The molecule has 1 saturated carbocycles. The van der Waals surface area contributed by atoms with Gasteiger partial charge in [0.15, 0.2) is 0 Å². The Morgan fingerprint density at radius 3 is 2.56 bits per heavy atom. The van der Waals surface area contributed by atoms with E-state index < -0.39 is 18.1 Å². The molecule has 1 aliphatic rings. The molecule has 0 radical (unpaired) electrons. The molecule has 1 fully saturated rings. The fourth-order valence-corrected chi connectivity index (χ4v) is 2.22. The second-order valence-corrected chi connectivity index (χ2v) is 4.72. The molecule has 0 heterocycles. The summed E-state index contributed by atoms with van der Waals surface area (Å²) in [4.78, 5) is 23.9. The second kappa shape index (κ2) is 7.20. The van der Waals surface area contributed by atoms with Crippen molar-refractivity contribution in [3.05, 3.63) is 0 Å². The van der Waals surface area contributed by atoms with E-state index in [1.807, 2.05) is 6.92 Å². The van der Waals surface area contributed by atoms with Gasteiger partial charge in [-0.1, -0.05) is 19.8 Å². The summed E-state index contributed by atoms with van der Waals surface area (Å²) in [5.41, 5.74) is 0. The molecule has 18 heavy (non-hydrogen) atoms. The Hall–Kier alpha value is -1.30. The molecular formula is C12H22N2O4. The number of carbonyl (C=O) groups is 2. The van der Waals surface area contributed by atoms with E-state index in [9.17, 15) is 14.7 Å². The summed E-state index contributed by atoms with van der Waals surface area (Å²) in [7, 11) is 0. The van der Waals surface area contributed by atoms with Crippen LogP contribution in [0.15, 0.2) is 0 Å². The Morgan fingerprint density at radius 1 is 1.33 bits per heavy atom. The van der Waals surface area contributed by atoms with Crippen LogP contribution in [-0.2, 0) is 4.79 Å². The maximum Gasteiger partial charge on any atom is 0.323 e. The van der Waals surface area contributed by atoms with Gasteiger partial charge in [0.1, 0.15) is 6.54 Å². The van der Waals surface area contributed by atoms with Gasteiger partial charge in [-0.05, 0) is 19.3 Å². The first-order valence-electron chi connectivity index (χ1n) is 6.50. The quantitative estimate of drug-likeness (QED) is 0.680. The lowest BCUT2D eigenvalue weighted by atomic mass is 9.93. The molecule has 0 bridgehead atoms. The zero-order valence-corrected chi connectivity index (χ0v) is 10.8. The number of carboxylic acid groups (broad SMARTS) is 1. The van der Waals surface area contributed by atoms with Crippen LogP contribution in [0.2, 0.25) is 0 Å². The number of aliphatic carboxylic acids is 1. The minimum Gasteiger partial charge on any atom is -0.480 e. The highest BCUT2D eigenvalue weighted by atomic mass is 16.4. The van der Waals surface area contributed by atoms with Gasteiger partial charge in [0.2, 0.25) is 0 Å². The van der Waals surface area contributed by atoms with Gasteiger partial charge in [0, 0.05) is 6.54 Å². The van der Waals surface area contributed by atoms with Crippen molar-refractivity contribution in [1.82, 2.24) is 10.2 Å². The van der Waals surface area contributed by atoms with Crippen LogP contribution < -0.4 is 5.32 Å². The van der Waals surface area contributed by atoms with E-state index in [1.165, 1.54) is 4.90 Å². The second-order valence-electron chi connectivity index (χ2n) is 4.72. The van der Waals surface area contributed by atoms with Crippen LogP contribution in [0, 0.1) is 0 Å². The van der Waals surface area contributed by atoms with E-state index in [4.69, 9.17) is 5.11 Å². The van der Waals surface area contributed by atoms with E-state index in [0.29, 0.717) is 19.4 Å². The van der Waals surface area contributed by atoms with Gasteiger partial charge < -0.3 is 20.4 Å². The van der Waals surface area contributed by atoms with Crippen LogP contribution in [0.1, 0.15) is 39.0 Å². The molecule has 1 aliphatic carbocycles. The van der Waals surface area contributed by atoms with Gasteiger partial charge in [-0.25, -0.2) is 4.79 Å².